The number of hydrogen-bond acceptors (Lipinski definition) is 3. The largest absolute Gasteiger partial charge is 0.371 e. The second-order valence-electron chi connectivity index (χ2n) is 5.54. The molecule has 1 aromatic heterocycles. The van der Waals surface area contributed by atoms with Crippen LogP contribution in [0, 0.1) is 0 Å². The van der Waals surface area contributed by atoms with Crippen LogP contribution in [0.25, 0.3) is 0 Å². The Bertz CT molecular complexity index is 443. The van der Waals surface area contributed by atoms with Crippen molar-refractivity contribution in [3.63, 3.8) is 0 Å². The molecule has 1 saturated heterocycles. The van der Waals surface area contributed by atoms with E-state index in [0.29, 0.717) is 6.04 Å². The molecule has 0 saturated carbocycles. The molecule has 0 aromatic carbocycles. The van der Waals surface area contributed by atoms with Gasteiger partial charge >= 0.3 is 0 Å². The van der Waals surface area contributed by atoms with E-state index in [-0.39, 0.29) is 11.9 Å². The summed E-state index contributed by atoms with van der Waals surface area (Å²) in [4.78, 5) is 14.6. The summed E-state index contributed by atoms with van der Waals surface area (Å²) in [5.74, 6) is 0.209. The molecule has 1 fully saturated rings. The lowest BCUT2D eigenvalue weighted by molar-refractivity contribution is -0.135. The first-order valence-corrected chi connectivity index (χ1v) is 7.75. The summed E-state index contributed by atoms with van der Waals surface area (Å²) in [5, 5.41) is 7.48. The third-order valence-electron chi connectivity index (χ3n) is 4.09. The topological polar surface area (TPSA) is 50.2 Å². The first-order chi connectivity index (χ1) is 9.65. The van der Waals surface area contributed by atoms with Crippen LogP contribution in [0.2, 0.25) is 0 Å². The van der Waals surface area contributed by atoms with Gasteiger partial charge < -0.3 is 10.2 Å². The van der Waals surface area contributed by atoms with E-state index in [4.69, 9.17) is 0 Å². The molecule has 2 atom stereocenters. The van der Waals surface area contributed by atoms with Crippen molar-refractivity contribution in [2.24, 2.45) is 0 Å². The second-order valence-corrected chi connectivity index (χ2v) is 5.54. The molecule has 1 N–H and O–H groups in total. The second kappa shape index (κ2) is 6.77. The molecule has 0 unspecified atom stereocenters. The number of amides is 1. The number of anilines is 1. The minimum Gasteiger partial charge on any atom is -0.371 e. The number of rotatable bonds is 5. The highest BCUT2D eigenvalue weighted by Gasteiger charge is 2.28. The SMILES string of the molecule is CC[C@@H]1CCCCN1C(=O)[C@H](C)Nc1cnn(CC)c1. The van der Waals surface area contributed by atoms with Gasteiger partial charge in [-0.15, -0.1) is 0 Å². The van der Waals surface area contributed by atoms with Crippen LogP contribution in [-0.4, -0.2) is 39.2 Å². The Morgan fingerprint density at radius 2 is 2.30 bits per heavy atom. The van der Waals surface area contributed by atoms with Crippen LogP contribution in [0.3, 0.4) is 0 Å². The van der Waals surface area contributed by atoms with E-state index in [9.17, 15) is 4.79 Å². The molecule has 0 spiro atoms. The highest BCUT2D eigenvalue weighted by molar-refractivity contribution is 5.84. The monoisotopic (exact) mass is 278 g/mol. The summed E-state index contributed by atoms with van der Waals surface area (Å²) in [5.41, 5.74) is 0.915. The fraction of sp³-hybridized carbons (Fsp3) is 0.733. The highest BCUT2D eigenvalue weighted by Crippen LogP contribution is 2.21. The van der Waals surface area contributed by atoms with Crippen molar-refractivity contribution >= 4 is 11.6 Å². The summed E-state index contributed by atoms with van der Waals surface area (Å²) >= 11 is 0. The van der Waals surface area contributed by atoms with Gasteiger partial charge in [-0.3, -0.25) is 9.48 Å². The van der Waals surface area contributed by atoms with Crippen LogP contribution in [-0.2, 0) is 11.3 Å². The number of carbonyl (C=O) groups excluding carboxylic acids is 1. The molecule has 1 amide bonds. The van der Waals surface area contributed by atoms with Crippen LogP contribution in [0.4, 0.5) is 5.69 Å². The number of aromatic nitrogens is 2. The maximum Gasteiger partial charge on any atom is 0.245 e. The van der Waals surface area contributed by atoms with Crippen molar-refractivity contribution in [3.8, 4) is 0 Å². The number of nitrogens with one attached hydrogen (secondary N) is 1. The molecule has 2 rings (SSSR count). The van der Waals surface area contributed by atoms with Crippen molar-refractivity contribution in [1.29, 1.82) is 0 Å². The molecule has 1 aromatic rings. The predicted molar refractivity (Wildman–Crippen MR) is 80.6 cm³/mol. The Balaban J connectivity index is 1.96. The van der Waals surface area contributed by atoms with Gasteiger partial charge in [0.15, 0.2) is 0 Å². The van der Waals surface area contributed by atoms with Crippen molar-refractivity contribution in [1.82, 2.24) is 14.7 Å². The van der Waals surface area contributed by atoms with Crippen molar-refractivity contribution < 1.29 is 4.79 Å². The quantitative estimate of drug-likeness (QED) is 0.900. The third-order valence-corrected chi connectivity index (χ3v) is 4.09. The van der Waals surface area contributed by atoms with Crippen molar-refractivity contribution in [2.45, 2.75) is 65.1 Å². The molecule has 0 radical (unpaired) electrons. The number of hydrogen-bond donors (Lipinski definition) is 1. The number of nitrogens with zero attached hydrogens (tertiary/aromatic N) is 3. The van der Waals surface area contributed by atoms with Crippen molar-refractivity contribution in [2.75, 3.05) is 11.9 Å². The van der Waals surface area contributed by atoms with Gasteiger partial charge in [0.2, 0.25) is 5.91 Å². The van der Waals surface area contributed by atoms with E-state index < -0.39 is 0 Å². The van der Waals surface area contributed by atoms with Crippen LogP contribution in [0.1, 0.15) is 46.5 Å². The van der Waals surface area contributed by atoms with Gasteiger partial charge in [0.05, 0.1) is 11.9 Å². The average Bonchev–Trinajstić information content (AvgIpc) is 2.94. The Morgan fingerprint density at radius 1 is 1.50 bits per heavy atom. The van der Waals surface area contributed by atoms with E-state index >= 15 is 0 Å². The van der Waals surface area contributed by atoms with Crippen molar-refractivity contribution in [3.05, 3.63) is 12.4 Å². The normalized spacial score (nSPS) is 20.8. The van der Waals surface area contributed by atoms with Gasteiger partial charge in [-0.05, 0) is 39.5 Å². The van der Waals surface area contributed by atoms with Gasteiger partial charge in [0.25, 0.3) is 0 Å². The molecule has 1 aliphatic rings. The Morgan fingerprint density at radius 3 is 2.95 bits per heavy atom. The summed E-state index contributed by atoms with van der Waals surface area (Å²) in [6.45, 7) is 7.89. The molecule has 0 bridgehead atoms. The molecule has 112 valence electrons. The van der Waals surface area contributed by atoms with Crippen LogP contribution in [0.15, 0.2) is 12.4 Å². The standard InChI is InChI=1S/C15H26N4O/c1-4-14-8-6-7-9-19(14)15(20)12(3)17-13-10-16-18(5-2)11-13/h10-12,14,17H,4-9H2,1-3H3/t12-,14+/m0/s1. The van der Waals surface area contributed by atoms with Gasteiger partial charge in [0, 0.05) is 25.3 Å². The molecule has 2 heterocycles. The van der Waals surface area contributed by atoms with E-state index in [1.165, 1.54) is 6.42 Å². The zero-order valence-electron chi connectivity index (χ0n) is 12.8. The number of aryl methyl sites for hydroxylation is 1. The van der Waals surface area contributed by atoms with E-state index in [1.54, 1.807) is 6.20 Å². The molecule has 0 aliphatic carbocycles. The molecular weight excluding hydrogens is 252 g/mol. The summed E-state index contributed by atoms with van der Waals surface area (Å²) in [6, 6.07) is 0.218. The first kappa shape index (κ1) is 14.9. The van der Waals surface area contributed by atoms with E-state index in [2.05, 4.69) is 22.2 Å². The van der Waals surface area contributed by atoms with Gasteiger partial charge in [0.1, 0.15) is 6.04 Å². The highest BCUT2D eigenvalue weighted by atomic mass is 16.2. The number of carbonyl (C=O) groups is 1. The Labute approximate surface area is 121 Å². The molecule has 5 heteroatoms. The van der Waals surface area contributed by atoms with Gasteiger partial charge in [-0.25, -0.2) is 0 Å². The smallest absolute Gasteiger partial charge is 0.245 e. The maximum absolute atomic E-state index is 12.6. The molecular formula is C15H26N4O. The van der Waals surface area contributed by atoms with Gasteiger partial charge in [-0.2, -0.15) is 5.10 Å². The van der Waals surface area contributed by atoms with Gasteiger partial charge in [-0.1, -0.05) is 6.92 Å². The third kappa shape index (κ3) is 3.32. The molecule has 1 aliphatic heterocycles. The van der Waals surface area contributed by atoms with E-state index in [0.717, 1.165) is 38.0 Å². The van der Waals surface area contributed by atoms with Crippen LogP contribution in [0.5, 0.6) is 0 Å². The average molecular weight is 278 g/mol. The fourth-order valence-electron chi connectivity index (χ4n) is 2.89. The molecule has 5 nitrogen and oxygen atoms in total. The summed E-state index contributed by atoms with van der Waals surface area (Å²) < 4.78 is 1.86. The number of likely N-dealkylation sites (tertiary alicyclic amines) is 1. The lowest BCUT2D eigenvalue weighted by atomic mass is 9.99. The Kier molecular flexibility index (Phi) is 5.04. The zero-order chi connectivity index (χ0) is 14.5. The lowest BCUT2D eigenvalue weighted by Crippen LogP contribution is -2.49. The predicted octanol–water partition coefficient (Wildman–Crippen LogP) is 2.49. The fourth-order valence-corrected chi connectivity index (χ4v) is 2.89. The molecule has 20 heavy (non-hydrogen) atoms. The first-order valence-electron chi connectivity index (χ1n) is 7.75. The number of piperidine rings is 1. The maximum atomic E-state index is 12.6. The zero-order valence-corrected chi connectivity index (χ0v) is 12.8. The van der Waals surface area contributed by atoms with Crippen LogP contribution < -0.4 is 5.32 Å². The van der Waals surface area contributed by atoms with Crippen LogP contribution >= 0.6 is 0 Å². The Hall–Kier alpha value is -1.52. The minimum atomic E-state index is -0.198. The van der Waals surface area contributed by atoms with E-state index in [1.807, 2.05) is 24.7 Å². The minimum absolute atomic E-state index is 0.198. The summed E-state index contributed by atoms with van der Waals surface area (Å²) in [7, 11) is 0. The lowest BCUT2D eigenvalue weighted by Gasteiger charge is -2.37. The summed E-state index contributed by atoms with van der Waals surface area (Å²) in [6.07, 6.45) is 8.28.